The molecule has 0 bridgehead atoms. The van der Waals surface area contributed by atoms with Crippen molar-refractivity contribution >= 4 is 27.6 Å². The molecular weight excluding hydrogens is 486 g/mol. The van der Waals surface area contributed by atoms with Crippen LogP contribution in [-0.2, 0) is 16.0 Å². The normalized spacial score (nSPS) is 24.9. The van der Waals surface area contributed by atoms with E-state index in [1.54, 1.807) is 6.20 Å². The molecule has 2 aliphatic heterocycles. The molecule has 2 aliphatic rings. The third-order valence-electron chi connectivity index (χ3n) is 7.30. The van der Waals surface area contributed by atoms with Gasteiger partial charge in [-0.3, -0.25) is 0 Å². The molecule has 1 fully saturated rings. The van der Waals surface area contributed by atoms with Crippen LogP contribution in [0.4, 0.5) is 0 Å². The van der Waals surface area contributed by atoms with Gasteiger partial charge in [0.05, 0.1) is 18.4 Å². The first kappa shape index (κ1) is 23.1. The first-order chi connectivity index (χ1) is 18.6. The standard InChI is InChI=1S/C29H25N3O6/c33-15-23-25(34)26(35)24-29(37-23)38-28(31-24)21-14-32(13-16-5-6-17-3-1-2-4-18(17)11-16)22-8-7-19(12-20(21)22)27-30-9-10-36-27/h1-12,14,23-26,29,33-35H,13,15H2/t23-,24-,25-,26-,29-/m1/s1. The van der Waals surface area contributed by atoms with E-state index in [0.717, 1.165) is 27.6 Å². The van der Waals surface area contributed by atoms with Crippen LogP contribution in [0.2, 0.25) is 0 Å². The number of fused-ring (bicyclic) bond motifs is 3. The first-order valence-electron chi connectivity index (χ1n) is 12.5. The van der Waals surface area contributed by atoms with Gasteiger partial charge in [-0.05, 0) is 40.6 Å². The minimum Gasteiger partial charge on any atom is -0.445 e. The van der Waals surface area contributed by atoms with Crippen molar-refractivity contribution in [2.45, 2.75) is 37.2 Å². The molecule has 38 heavy (non-hydrogen) atoms. The summed E-state index contributed by atoms with van der Waals surface area (Å²) < 4.78 is 19.4. The molecule has 9 nitrogen and oxygen atoms in total. The highest BCUT2D eigenvalue weighted by atomic mass is 16.7. The van der Waals surface area contributed by atoms with Gasteiger partial charge in [0.2, 0.25) is 18.1 Å². The van der Waals surface area contributed by atoms with Crippen LogP contribution in [0.5, 0.6) is 0 Å². The second-order valence-corrected chi connectivity index (χ2v) is 9.67. The van der Waals surface area contributed by atoms with Crippen LogP contribution in [-0.4, -0.2) is 68.0 Å². The predicted octanol–water partition coefficient (Wildman–Crippen LogP) is 3.08. The highest BCUT2D eigenvalue weighted by molar-refractivity contribution is 6.08. The molecule has 2 aromatic heterocycles. The van der Waals surface area contributed by atoms with Crippen molar-refractivity contribution in [1.29, 1.82) is 0 Å². The molecule has 7 rings (SSSR count). The molecule has 4 heterocycles. The van der Waals surface area contributed by atoms with E-state index < -0.39 is 37.3 Å². The second kappa shape index (κ2) is 9.07. The van der Waals surface area contributed by atoms with Crippen LogP contribution < -0.4 is 0 Å². The number of oxazole rings is 1. The predicted molar refractivity (Wildman–Crippen MR) is 140 cm³/mol. The maximum absolute atomic E-state index is 10.6. The molecule has 0 saturated carbocycles. The Bertz CT molecular complexity index is 1660. The lowest BCUT2D eigenvalue weighted by Gasteiger charge is -2.36. The highest BCUT2D eigenvalue weighted by Gasteiger charge is 2.49. The summed E-state index contributed by atoms with van der Waals surface area (Å²) in [6.07, 6.45) is 0.753. The van der Waals surface area contributed by atoms with Gasteiger partial charge in [-0.15, -0.1) is 0 Å². The quantitative estimate of drug-likeness (QED) is 0.331. The zero-order valence-corrected chi connectivity index (χ0v) is 20.2. The average molecular weight is 512 g/mol. The number of aliphatic hydroxyl groups is 3. The lowest BCUT2D eigenvalue weighted by atomic mass is 9.98. The van der Waals surface area contributed by atoms with E-state index in [0.29, 0.717) is 18.3 Å². The molecule has 0 amide bonds. The van der Waals surface area contributed by atoms with E-state index in [2.05, 4.69) is 44.9 Å². The Morgan fingerprint density at radius 2 is 1.82 bits per heavy atom. The number of rotatable bonds is 5. The summed E-state index contributed by atoms with van der Waals surface area (Å²) in [7, 11) is 0. The van der Waals surface area contributed by atoms with Gasteiger partial charge < -0.3 is 33.8 Å². The lowest BCUT2D eigenvalue weighted by Crippen LogP contribution is -2.56. The van der Waals surface area contributed by atoms with Gasteiger partial charge >= 0.3 is 0 Å². The summed E-state index contributed by atoms with van der Waals surface area (Å²) in [4.78, 5) is 8.89. The van der Waals surface area contributed by atoms with Gasteiger partial charge in [0.1, 0.15) is 30.6 Å². The highest BCUT2D eigenvalue weighted by Crippen LogP contribution is 2.34. The molecule has 9 heteroatoms. The van der Waals surface area contributed by atoms with E-state index >= 15 is 0 Å². The van der Waals surface area contributed by atoms with Crippen LogP contribution in [0, 0.1) is 0 Å². The van der Waals surface area contributed by atoms with Crippen LogP contribution in [0.15, 0.2) is 88.7 Å². The SMILES string of the molecule is OC[C@H]1O[C@@H]2OC(c3cn(Cc4ccc5ccccc5c4)c4ccc(-c5ncco5)cc34)=N[C@@H]2[C@@H](O)[C@@H]1O. The minimum absolute atomic E-state index is 0.302. The first-order valence-corrected chi connectivity index (χ1v) is 12.5. The van der Waals surface area contributed by atoms with Crippen molar-refractivity contribution in [3.63, 3.8) is 0 Å². The number of nitrogens with zero attached hydrogens (tertiary/aromatic N) is 3. The van der Waals surface area contributed by atoms with Crippen molar-refractivity contribution in [3.05, 3.63) is 90.4 Å². The van der Waals surface area contributed by atoms with Gasteiger partial charge in [-0.2, -0.15) is 0 Å². The molecule has 0 spiro atoms. The van der Waals surface area contributed by atoms with Crippen molar-refractivity contribution in [2.75, 3.05) is 6.61 Å². The van der Waals surface area contributed by atoms with Gasteiger partial charge in [0.15, 0.2) is 0 Å². The zero-order valence-electron chi connectivity index (χ0n) is 20.2. The van der Waals surface area contributed by atoms with Crippen molar-refractivity contribution in [1.82, 2.24) is 9.55 Å². The van der Waals surface area contributed by atoms with Crippen molar-refractivity contribution in [2.24, 2.45) is 4.99 Å². The summed E-state index contributed by atoms with van der Waals surface area (Å²) in [5.74, 6) is 0.799. The molecule has 5 aromatic rings. The van der Waals surface area contributed by atoms with Crippen LogP contribution in [0.25, 0.3) is 33.1 Å². The van der Waals surface area contributed by atoms with Crippen LogP contribution >= 0.6 is 0 Å². The molecule has 3 aromatic carbocycles. The summed E-state index contributed by atoms with van der Waals surface area (Å²) >= 11 is 0. The third kappa shape index (κ3) is 3.79. The van der Waals surface area contributed by atoms with E-state index in [1.807, 2.05) is 36.5 Å². The van der Waals surface area contributed by atoms with E-state index in [9.17, 15) is 15.3 Å². The number of aromatic nitrogens is 2. The Balaban J connectivity index is 1.31. The Kier molecular flexibility index (Phi) is 5.52. The minimum atomic E-state index is -1.26. The molecule has 192 valence electrons. The molecule has 3 N–H and O–H groups in total. The van der Waals surface area contributed by atoms with E-state index in [-0.39, 0.29) is 0 Å². The summed E-state index contributed by atoms with van der Waals surface area (Å²) in [6.45, 7) is 0.176. The molecular formula is C29H25N3O6. The number of aliphatic hydroxyl groups excluding tert-OH is 3. The number of hydrogen-bond donors (Lipinski definition) is 3. The number of ether oxygens (including phenoxy) is 2. The fraction of sp³-hybridized carbons (Fsp3) is 0.241. The van der Waals surface area contributed by atoms with Crippen molar-refractivity contribution < 1.29 is 29.2 Å². The fourth-order valence-corrected chi connectivity index (χ4v) is 5.34. The fourth-order valence-electron chi connectivity index (χ4n) is 5.34. The molecule has 0 unspecified atom stereocenters. The van der Waals surface area contributed by atoms with Gasteiger partial charge in [-0.25, -0.2) is 9.98 Å². The van der Waals surface area contributed by atoms with E-state index in [1.165, 1.54) is 17.0 Å². The summed E-state index contributed by atoms with van der Waals surface area (Å²) in [6, 6.07) is 19.8. The third-order valence-corrected chi connectivity index (χ3v) is 7.30. The molecule has 5 atom stereocenters. The Labute approximate surface area is 217 Å². The largest absolute Gasteiger partial charge is 0.445 e. The molecule has 0 radical (unpaired) electrons. The number of benzene rings is 3. The topological polar surface area (TPSA) is 122 Å². The maximum Gasteiger partial charge on any atom is 0.227 e. The maximum atomic E-state index is 10.6. The van der Waals surface area contributed by atoms with Crippen LogP contribution in [0.1, 0.15) is 11.1 Å². The van der Waals surface area contributed by atoms with Crippen molar-refractivity contribution in [3.8, 4) is 11.5 Å². The monoisotopic (exact) mass is 511 g/mol. The van der Waals surface area contributed by atoms with Gasteiger partial charge in [-0.1, -0.05) is 36.4 Å². The smallest absolute Gasteiger partial charge is 0.227 e. The van der Waals surface area contributed by atoms with E-state index in [4.69, 9.17) is 13.9 Å². The zero-order chi connectivity index (χ0) is 25.8. The summed E-state index contributed by atoms with van der Waals surface area (Å²) in [5, 5.41) is 33.7. The number of aliphatic imine (C=N–C) groups is 1. The van der Waals surface area contributed by atoms with Crippen LogP contribution in [0.3, 0.4) is 0 Å². The Morgan fingerprint density at radius 1 is 0.947 bits per heavy atom. The number of hydrogen-bond acceptors (Lipinski definition) is 8. The molecule has 0 aliphatic carbocycles. The average Bonchev–Trinajstić information content (AvgIpc) is 3.70. The van der Waals surface area contributed by atoms with Gasteiger partial charge in [0.25, 0.3) is 0 Å². The second-order valence-electron chi connectivity index (χ2n) is 9.67. The lowest BCUT2D eigenvalue weighted by molar-refractivity contribution is -0.234. The molecule has 1 saturated heterocycles. The Hall–Kier alpha value is -4.02. The summed E-state index contributed by atoms with van der Waals surface area (Å²) in [5.41, 5.74) is 3.61. The Morgan fingerprint density at radius 3 is 2.63 bits per heavy atom. The van der Waals surface area contributed by atoms with Gasteiger partial charge in [0, 0.05) is 29.2 Å².